The van der Waals surface area contributed by atoms with E-state index in [1.807, 2.05) is 0 Å². The van der Waals surface area contributed by atoms with E-state index in [0.717, 1.165) is 6.07 Å². The van der Waals surface area contributed by atoms with Crippen molar-refractivity contribution in [3.05, 3.63) is 29.3 Å². The lowest BCUT2D eigenvalue weighted by atomic mass is 9.96. The smallest absolute Gasteiger partial charge is 0.426 e. The largest absolute Gasteiger partial charge is 0.748 e. The minimum atomic E-state index is -5.33. The number of carbonyl (C=O) groups is 2. The number of rotatable bonds is 7. The van der Waals surface area contributed by atoms with Gasteiger partial charge in [0.15, 0.2) is 0 Å². The molecule has 1 rings (SSSR count). The first kappa shape index (κ1) is 23.0. The summed E-state index contributed by atoms with van der Waals surface area (Å²) in [6.45, 7) is 2.98. The number of benzene rings is 1. The maximum atomic E-state index is 12.9. The molecule has 148 valence electrons. The van der Waals surface area contributed by atoms with E-state index in [-0.39, 0.29) is 6.32 Å². The SMILES string of the molecule is [B]Cc1ccc(C(=O)OC(CS(=O)(=O)[O-])C(F)(F)F)c(OC(=O)C(C)C)c1. The Labute approximate surface area is 155 Å². The van der Waals surface area contributed by atoms with E-state index < -0.39 is 57.3 Å². The molecule has 0 aliphatic carbocycles. The molecule has 27 heavy (non-hydrogen) atoms. The van der Waals surface area contributed by atoms with Gasteiger partial charge in [-0.15, -0.1) is 0 Å². The summed E-state index contributed by atoms with van der Waals surface area (Å²) in [5.74, 6) is -5.37. The van der Waals surface area contributed by atoms with Crippen LogP contribution < -0.4 is 4.74 Å². The molecule has 1 aromatic rings. The van der Waals surface area contributed by atoms with Gasteiger partial charge in [0.1, 0.15) is 11.3 Å². The minimum Gasteiger partial charge on any atom is -0.748 e. The quantitative estimate of drug-likeness (QED) is 0.292. The molecule has 0 aliphatic rings. The number of halogens is 3. The van der Waals surface area contributed by atoms with Gasteiger partial charge in [-0.2, -0.15) is 13.2 Å². The molecule has 0 aromatic heterocycles. The third-order valence-corrected chi connectivity index (χ3v) is 3.86. The first-order chi connectivity index (χ1) is 12.2. The highest BCUT2D eigenvalue weighted by Crippen LogP contribution is 2.28. The molecule has 0 spiro atoms. The molecule has 0 saturated carbocycles. The molecule has 0 heterocycles. The fourth-order valence-electron chi connectivity index (χ4n) is 1.75. The first-order valence-corrected chi connectivity index (χ1v) is 9.08. The van der Waals surface area contributed by atoms with Crippen molar-refractivity contribution < 1.29 is 45.2 Å². The summed E-state index contributed by atoms with van der Waals surface area (Å²) in [5, 5.41) is 0. The Morgan fingerprint density at radius 2 is 1.85 bits per heavy atom. The van der Waals surface area contributed by atoms with Crippen LogP contribution in [0.5, 0.6) is 5.75 Å². The Bertz CT molecular complexity index is 806. The van der Waals surface area contributed by atoms with Crippen molar-refractivity contribution in [2.75, 3.05) is 5.75 Å². The standard InChI is InChI=1S/C15H16BF3O7S/c1-8(2)13(20)25-11-5-9(6-16)3-4-10(11)14(21)26-12(15(17,18)19)7-27(22,23)24/h3-5,8,12H,6-7H2,1-2H3,(H,22,23,24)/p-1. The van der Waals surface area contributed by atoms with E-state index in [4.69, 9.17) is 12.6 Å². The van der Waals surface area contributed by atoms with Gasteiger partial charge in [0, 0.05) is 0 Å². The van der Waals surface area contributed by atoms with Crippen LogP contribution in [0.25, 0.3) is 0 Å². The molecule has 0 N–H and O–H groups in total. The zero-order valence-electron chi connectivity index (χ0n) is 14.3. The third kappa shape index (κ3) is 7.22. The van der Waals surface area contributed by atoms with Crippen LogP contribution >= 0.6 is 0 Å². The number of hydrogen-bond donors (Lipinski definition) is 0. The zero-order chi connectivity index (χ0) is 21.0. The Kier molecular flexibility index (Phi) is 7.44. The van der Waals surface area contributed by atoms with Crippen LogP contribution in [0.2, 0.25) is 0 Å². The highest BCUT2D eigenvalue weighted by atomic mass is 32.2. The lowest BCUT2D eigenvalue weighted by molar-refractivity contribution is -0.197. The van der Waals surface area contributed by atoms with Crippen LogP contribution in [-0.4, -0.2) is 50.8 Å². The average molecular weight is 407 g/mol. The van der Waals surface area contributed by atoms with E-state index in [2.05, 4.69) is 4.74 Å². The maximum Gasteiger partial charge on any atom is 0.426 e. The maximum absolute atomic E-state index is 12.9. The second-order valence-corrected chi connectivity index (χ2v) is 7.22. The van der Waals surface area contributed by atoms with E-state index in [9.17, 15) is 35.7 Å². The summed E-state index contributed by atoms with van der Waals surface area (Å²) in [6, 6.07) is 3.48. The van der Waals surface area contributed by atoms with Crippen molar-refractivity contribution in [2.45, 2.75) is 32.4 Å². The van der Waals surface area contributed by atoms with Gasteiger partial charge in [0.05, 0.1) is 29.6 Å². The molecule has 0 fully saturated rings. The molecule has 0 amide bonds. The second kappa shape index (κ2) is 8.74. The minimum absolute atomic E-state index is 0.0127. The van der Waals surface area contributed by atoms with E-state index in [1.165, 1.54) is 26.0 Å². The van der Waals surface area contributed by atoms with E-state index in [1.54, 1.807) is 0 Å². The topological polar surface area (TPSA) is 110 Å². The Hall–Kier alpha value is -2.08. The number of hydrogen-bond acceptors (Lipinski definition) is 7. The van der Waals surface area contributed by atoms with Gasteiger partial charge in [-0.05, 0) is 12.1 Å². The van der Waals surface area contributed by atoms with Crippen molar-refractivity contribution in [3.8, 4) is 5.75 Å². The van der Waals surface area contributed by atoms with Crippen LogP contribution in [0.15, 0.2) is 18.2 Å². The molecule has 1 atom stereocenters. The van der Waals surface area contributed by atoms with Crippen molar-refractivity contribution in [1.29, 1.82) is 0 Å². The zero-order valence-corrected chi connectivity index (χ0v) is 15.1. The van der Waals surface area contributed by atoms with Crippen LogP contribution in [0.4, 0.5) is 13.2 Å². The molecular formula is C15H15BF3O7S-. The van der Waals surface area contributed by atoms with Crippen molar-refractivity contribution in [3.63, 3.8) is 0 Å². The lowest BCUT2D eigenvalue weighted by Gasteiger charge is -2.22. The summed E-state index contributed by atoms with van der Waals surface area (Å²) >= 11 is 0. The molecule has 1 aromatic carbocycles. The first-order valence-electron chi connectivity index (χ1n) is 7.50. The van der Waals surface area contributed by atoms with Crippen molar-refractivity contribution >= 4 is 29.9 Å². The molecular weight excluding hydrogens is 392 g/mol. The highest BCUT2D eigenvalue weighted by molar-refractivity contribution is 7.85. The molecule has 7 nitrogen and oxygen atoms in total. The second-order valence-electron chi connectivity index (χ2n) is 5.77. The summed E-state index contributed by atoms with van der Waals surface area (Å²) in [5.41, 5.74) is -0.147. The average Bonchev–Trinajstić information content (AvgIpc) is 2.51. The fourth-order valence-corrected chi connectivity index (χ4v) is 2.37. The van der Waals surface area contributed by atoms with Gasteiger partial charge in [0.2, 0.25) is 6.10 Å². The van der Waals surface area contributed by atoms with Crippen LogP contribution in [0.1, 0.15) is 29.8 Å². The van der Waals surface area contributed by atoms with Crippen molar-refractivity contribution in [2.24, 2.45) is 5.92 Å². The number of ether oxygens (including phenoxy) is 2. The van der Waals surface area contributed by atoms with Crippen LogP contribution in [-0.2, 0) is 26.0 Å². The third-order valence-electron chi connectivity index (χ3n) is 3.15. The van der Waals surface area contributed by atoms with Crippen LogP contribution in [0.3, 0.4) is 0 Å². The molecule has 12 heteroatoms. The summed E-state index contributed by atoms with van der Waals surface area (Å²) < 4.78 is 79.7. The predicted molar refractivity (Wildman–Crippen MR) is 86.2 cm³/mol. The molecule has 0 saturated heterocycles. The number of alkyl halides is 3. The van der Waals surface area contributed by atoms with Gasteiger partial charge >= 0.3 is 18.1 Å². The molecule has 0 bridgehead atoms. The van der Waals surface area contributed by atoms with Gasteiger partial charge in [-0.1, -0.05) is 31.8 Å². The van der Waals surface area contributed by atoms with Gasteiger partial charge in [-0.25, -0.2) is 13.2 Å². The summed E-state index contributed by atoms with van der Waals surface area (Å²) in [7, 11) is 0.101. The van der Waals surface area contributed by atoms with Gasteiger partial charge in [-0.3, -0.25) is 4.79 Å². The lowest BCUT2D eigenvalue weighted by Crippen LogP contribution is -2.39. The molecule has 1 unspecified atom stereocenters. The Balaban J connectivity index is 3.22. The summed E-state index contributed by atoms with van der Waals surface area (Å²) in [6.07, 6.45) is -8.48. The monoisotopic (exact) mass is 407 g/mol. The number of esters is 2. The highest BCUT2D eigenvalue weighted by Gasteiger charge is 2.44. The fraction of sp³-hybridized carbons (Fsp3) is 0.467. The van der Waals surface area contributed by atoms with Gasteiger partial charge in [0.25, 0.3) is 0 Å². The Morgan fingerprint density at radius 1 is 1.26 bits per heavy atom. The normalized spacial score (nSPS) is 13.3. The summed E-state index contributed by atoms with van der Waals surface area (Å²) in [4.78, 5) is 23.9. The molecule has 2 radical (unpaired) electrons. The Morgan fingerprint density at radius 3 is 2.30 bits per heavy atom. The van der Waals surface area contributed by atoms with Crippen molar-refractivity contribution in [1.82, 2.24) is 0 Å². The molecule has 0 aliphatic heterocycles. The van der Waals surface area contributed by atoms with Gasteiger partial charge < -0.3 is 14.0 Å². The van der Waals surface area contributed by atoms with E-state index >= 15 is 0 Å². The number of carbonyl (C=O) groups excluding carboxylic acids is 2. The van der Waals surface area contributed by atoms with Crippen LogP contribution in [0, 0.1) is 5.92 Å². The predicted octanol–water partition coefficient (Wildman–Crippen LogP) is 1.55. The van der Waals surface area contributed by atoms with E-state index in [0.29, 0.717) is 5.56 Å².